The van der Waals surface area contributed by atoms with Gasteiger partial charge in [0.1, 0.15) is 6.10 Å². The number of ether oxygens (including phenoxy) is 1. The Bertz CT molecular complexity index is 153. The van der Waals surface area contributed by atoms with Crippen LogP contribution in [0.15, 0.2) is 0 Å². The Morgan fingerprint density at radius 2 is 2.17 bits per heavy atom. The van der Waals surface area contributed by atoms with Crippen LogP contribution in [-0.2, 0) is 4.74 Å². The average Bonchev–Trinajstić information content (AvgIpc) is 2.09. The maximum Gasteiger partial charge on any atom is 0.407 e. The van der Waals surface area contributed by atoms with Gasteiger partial charge in [-0.3, -0.25) is 0 Å². The van der Waals surface area contributed by atoms with Gasteiger partial charge in [-0.15, -0.1) is 0 Å². The summed E-state index contributed by atoms with van der Waals surface area (Å²) in [5.74, 6) is 0. The van der Waals surface area contributed by atoms with E-state index in [4.69, 9.17) is 4.74 Å². The van der Waals surface area contributed by atoms with E-state index in [1.54, 1.807) is 7.05 Å². The molecule has 12 heavy (non-hydrogen) atoms. The van der Waals surface area contributed by atoms with Gasteiger partial charge in [-0.05, 0) is 0 Å². The molecule has 1 heterocycles. The molecule has 1 saturated heterocycles. The van der Waals surface area contributed by atoms with E-state index in [-0.39, 0.29) is 12.2 Å². The molecule has 0 aromatic rings. The van der Waals surface area contributed by atoms with Gasteiger partial charge in [0.2, 0.25) is 0 Å². The lowest BCUT2D eigenvalue weighted by atomic mass is 10.1. The average molecular weight is 172 g/mol. The number of amides is 1. The number of piperidine rings is 1. The van der Waals surface area contributed by atoms with E-state index >= 15 is 0 Å². The molecule has 4 nitrogen and oxygen atoms in total. The maximum absolute atomic E-state index is 10.8. The van der Waals surface area contributed by atoms with Crippen molar-refractivity contribution in [1.82, 2.24) is 5.32 Å². The number of rotatable bonds is 1. The number of carbonyl (C=O) groups is 1. The molecule has 0 atom stereocenters. The van der Waals surface area contributed by atoms with Crippen LogP contribution in [0.25, 0.3) is 0 Å². The van der Waals surface area contributed by atoms with Crippen LogP contribution in [0.1, 0.15) is 12.8 Å². The summed E-state index contributed by atoms with van der Waals surface area (Å²) in [6, 6.07) is 0. The van der Waals surface area contributed by atoms with Crippen molar-refractivity contribution >= 4 is 6.09 Å². The number of alkyl carbamates (subject to hydrolysis) is 1. The van der Waals surface area contributed by atoms with E-state index in [0.717, 1.165) is 25.9 Å². The lowest BCUT2D eigenvalue weighted by molar-refractivity contribution is -0.860. The summed E-state index contributed by atoms with van der Waals surface area (Å²) in [6.07, 6.45) is 1.61. The first kappa shape index (κ1) is 9.32. The van der Waals surface area contributed by atoms with Gasteiger partial charge in [0.15, 0.2) is 0 Å². The third-order valence-corrected chi connectivity index (χ3v) is 2.12. The predicted octanol–water partition coefficient (Wildman–Crippen LogP) is -0.819. The highest BCUT2D eigenvalue weighted by Crippen LogP contribution is 2.04. The zero-order chi connectivity index (χ0) is 8.97. The van der Waals surface area contributed by atoms with Crippen molar-refractivity contribution in [3.63, 3.8) is 0 Å². The van der Waals surface area contributed by atoms with Gasteiger partial charge in [0, 0.05) is 19.9 Å². The van der Waals surface area contributed by atoms with Crippen molar-refractivity contribution in [3.05, 3.63) is 7.05 Å². The van der Waals surface area contributed by atoms with Gasteiger partial charge in [0.25, 0.3) is 0 Å². The molecule has 0 radical (unpaired) electrons. The van der Waals surface area contributed by atoms with Crippen molar-refractivity contribution in [3.8, 4) is 0 Å². The van der Waals surface area contributed by atoms with E-state index in [9.17, 15) is 4.79 Å². The minimum atomic E-state index is -0.326. The molecule has 1 fully saturated rings. The first-order valence-corrected chi connectivity index (χ1v) is 4.27. The highest BCUT2D eigenvalue weighted by Gasteiger charge is 2.19. The van der Waals surface area contributed by atoms with E-state index in [1.807, 2.05) is 0 Å². The van der Waals surface area contributed by atoms with Crippen LogP contribution in [0.2, 0.25) is 0 Å². The fourth-order valence-corrected chi connectivity index (χ4v) is 1.33. The Hall–Kier alpha value is -0.770. The smallest absolute Gasteiger partial charge is 0.407 e. The third-order valence-electron chi connectivity index (χ3n) is 2.12. The zero-order valence-electron chi connectivity index (χ0n) is 7.43. The van der Waals surface area contributed by atoms with Gasteiger partial charge in [-0.25, -0.2) is 4.79 Å². The van der Waals surface area contributed by atoms with E-state index in [2.05, 4.69) is 12.4 Å². The molecule has 1 rings (SSSR count). The molecule has 0 bridgehead atoms. The fraction of sp³-hybridized carbons (Fsp3) is 0.750. The molecule has 1 amide bonds. The van der Waals surface area contributed by atoms with Gasteiger partial charge in [0.05, 0.1) is 13.1 Å². The third kappa shape index (κ3) is 2.70. The van der Waals surface area contributed by atoms with Crippen LogP contribution in [-0.4, -0.2) is 32.3 Å². The molecule has 0 aromatic heterocycles. The van der Waals surface area contributed by atoms with Crippen LogP contribution in [0.3, 0.4) is 0 Å². The van der Waals surface area contributed by atoms with E-state index < -0.39 is 0 Å². The second-order valence-corrected chi connectivity index (χ2v) is 3.10. The topological polar surface area (TPSA) is 42.8 Å². The summed E-state index contributed by atoms with van der Waals surface area (Å²) >= 11 is 0. The maximum atomic E-state index is 10.8. The van der Waals surface area contributed by atoms with Crippen molar-refractivity contribution in [2.24, 2.45) is 0 Å². The number of hydrogen-bond acceptors (Lipinski definition) is 2. The number of carbonyl (C=O) groups excluding carboxylic acids is 1. The molecule has 4 heteroatoms. The molecule has 1 aliphatic heterocycles. The Labute approximate surface area is 72.9 Å². The van der Waals surface area contributed by atoms with Crippen LogP contribution in [0.5, 0.6) is 0 Å². The molecule has 0 unspecified atom stereocenters. The summed E-state index contributed by atoms with van der Waals surface area (Å²) in [6.45, 7) is 1.98. The summed E-state index contributed by atoms with van der Waals surface area (Å²) in [5.41, 5.74) is 0. The fourth-order valence-electron chi connectivity index (χ4n) is 1.33. The number of nitrogens with one attached hydrogen (secondary N) is 2. The minimum absolute atomic E-state index is 0.0930. The van der Waals surface area contributed by atoms with Gasteiger partial charge >= 0.3 is 6.09 Å². The Morgan fingerprint density at radius 1 is 1.58 bits per heavy atom. The normalized spacial score (nSPS) is 29.5. The first-order chi connectivity index (χ1) is 5.72. The summed E-state index contributed by atoms with van der Waals surface area (Å²) < 4.78 is 5.10. The van der Waals surface area contributed by atoms with Crippen LogP contribution in [0, 0.1) is 7.05 Å². The van der Waals surface area contributed by atoms with Crippen LogP contribution >= 0.6 is 0 Å². The molecule has 0 spiro atoms. The standard InChI is InChI=1S/C8H16N2O2/c1-9-8(11)12-7-3-5-10(2)6-4-7/h7,10H,2-6H2,1H3,(H,9,11). The SMILES string of the molecule is [CH2-][NH+]1CCC(OC(=O)NC)CC1. The largest absolute Gasteiger partial charge is 0.468 e. The summed E-state index contributed by atoms with van der Waals surface area (Å²) in [5, 5.41) is 2.44. The Kier molecular flexibility index (Phi) is 3.34. The first-order valence-electron chi connectivity index (χ1n) is 4.27. The molecular weight excluding hydrogens is 156 g/mol. The molecule has 1 aliphatic rings. The molecular formula is C8H16N2O2. The second-order valence-electron chi connectivity index (χ2n) is 3.10. The minimum Gasteiger partial charge on any atom is -0.468 e. The van der Waals surface area contributed by atoms with E-state index in [0.29, 0.717) is 0 Å². The molecule has 0 aromatic carbocycles. The number of quaternary nitrogens is 1. The monoisotopic (exact) mass is 172 g/mol. The Balaban J connectivity index is 2.21. The van der Waals surface area contributed by atoms with Crippen molar-refractivity contribution < 1.29 is 14.4 Å². The number of hydrogen-bond donors (Lipinski definition) is 2. The molecule has 70 valence electrons. The van der Waals surface area contributed by atoms with Crippen LogP contribution < -0.4 is 10.2 Å². The lowest BCUT2D eigenvalue weighted by Crippen LogP contribution is -3.08. The second kappa shape index (κ2) is 4.30. The zero-order valence-corrected chi connectivity index (χ0v) is 7.43. The highest BCUT2D eigenvalue weighted by molar-refractivity contribution is 5.66. The van der Waals surface area contributed by atoms with Crippen molar-refractivity contribution in [2.75, 3.05) is 20.1 Å². The summed E-state index contributed by atoms with van der Waals surface area (Å²) in [7, 11) is 5.47. The van der Waals surface area contributed by atoms with Gasteiger partial charge in [-0.1, -0.05) is 0 Å². The van der Waals surface area contributed by atoms with Crippen molar-refractivity contribution in [1.29, 1.82) is 0 Å². The van der Waals surface area contributed by atoms with Crippen LogP contribution in [0.4, 0.5) is 4.79 Å². The molecule has 0 aliphatic carbocycles. The van der Waals surface area contributed by atoms with Gasteiger partial charge < -0.3 is 15.0 Å². The molecule has 0 saturated carbocycles. The number of likely N-dealkylation sites (tertiary alicyclic amines) is 1. The lowest BCUT2D eigenvalue weighted by Gasteiger charge is -2.30. The van der Waals surface area contributed by atoms with Crippen molar-refractivity contribution in [2.45, 2.75) is 18.9 Å². The quantitative estimate of drug-likeness (QED) is 0.508. The summed E-state index contributed by atoms with van der Waals surface area (Å²) in [4.78, 5) is 12.1. The molecule has 2 N–H and O–H groups in total. The highest BCUT2D eigenvalue weighted by atomic mass is 16.6. The Morgan fingerprint density at radius 3 is 2.67 bits per heavy atom. The predicted molar refractivity (Wildman–Crippen MR) is 44.6 cm³/mol. The van der Waals surface area contributed by atoms with Gasteiger partial charge in [-0.2, -0.15) is 7.05 Å². The van der Waals surface area contributed by atoms with E-state index in [1.165, 1.54) is 4.90 Å².